The van der Waals surface area contributed by atoms with Crippen molar-refractivity contribution in [2.45, 2.75) is 45.6 Å². The molecule has 0 heterocycles. The first-order valence-corrected chi connectivity index (χ1v) is 7.43. The molecule has 0 aromatic heterocycles. The molecule has 4 atom stereocenters. The van der Waals surface area contributed by atoms with E-state index >= 15 is 0 Å². The van der Waals surface area contributed by atoms with Crippen LogP contribution in [0.1, 0.15) is 39.5 Å². The van der Waals surface area contributed by atoms with Gasteiger partial charge in [-0.25, -0.2) is 0 Å². The Morgan fingerprint density at radius 2 is 1.89 bits per heavy atom. The Morgan fingerprint density at radius 3 is 2.50 bits per heavy atom. The molecule has 0 aliphatic heterocycles. The lowest BCUT2D eigenvalue weighted by Gasteiger charge is -2.36. The maximum atomic E-state index is 5.58. The lowest BCUT2D eigenvalue weighted by molar-refractivity contribution is 0.0593. The van der Waals surface area contributed by atoms with Crippen molar-refractivity contribution in [3.63, 3.8) is 0 Å². The minimum absolute atomic E-state index is 0.613. The van der Waals surface area contributed by atoms with E-state index in [1.165, 1.54) is 19.3 Å². The molecule has 1 aliphatic carbocycles. The van der Waals surface area contributed by atoms with Gasteiger partial charge in [-0.15, -0.1) is 0 Å². The molecule has 108 valence electrons. The second kappa shape index (κ2) is 8.89. The van der Waals surface area contributed by atoms with Gasteiger partial charge >= 0.3 is 0 Å². The molecule has 0 bridgehead atoms. The smallest absolute Gasteiger partial charge is 0.0700 e. The van der Waals surface area contributed by atoms with Gasteiger partial charge in [0.05, 0.1) is 13.2 Å². The zero-order valence-electron chi connectivity index (χ0n) is 12.6. The number of hydrogen-bond donors (Lipinski definition) is 1. The van der Waals surface area contributed by atoms with Crippen LogP contribution >= 0.6 is 0 Å². The van der Waals surface area contributed by atoms with Gasteiger partial charge in [0, 0.05) is 19.8 Å². The summed E-state index contributed by atoms with van der Waals surface area (Å²) in [5.74, 6) is 2.60. The second-order valence-corrected chi connectivity index (χ2v) is 5.82. The van der Waals surface area contributed by atoms with Crippen molar-refractivity contribution in [3.05, 3.63) is 0 Å². The molecular formula is C15H31NO2. The normalized spacial score (nSPS) is 30.3. The first-order valence-electron chi connectivity index (χ1n) is 7.43. The molecule has 0 amide bonds. The van der Waals surface area contributed by atoms with Gasteiger partial charge in [0.2, 0.25) is 0 Å². The average Bonchev–Trinajstić information content (AvgIpc) is 2.37. The van der Waals surface area contributed by atoms with Gasteiger partial charge in [-0.05, 0) is 44.1 Å². The monoisotopic (exact) mass is 257 g/mol. The predicted molar refractivity (Wildman–Crippen MR) is 75.8 cm³/mol. The highest BCUT2D eigenvalue weighted by Gasteiger charge is 2.29. The molecule has 1 N–H and O–H groups in total. The Bertz CT molecular complexity index is 211. The number of nitrogens with one attached hydrogen (secondary N) is 1. The van der Waals surface area contributed by atoms with Crippen molar-refractivity contribution >= 4 is 0 Å². The van der Waals surface area contributed by atoms with E-state index in [2.05, 4.69) is 26.2 Å². The number of methoxy groups -OCH3 is 1. The summed E-state index contributed by atoms with van der Waals surface area (Å²) in [7, 11) is 3.80. The summed E-state index contributed by atoms with van der Waals surface area (Å²) < 4.78 is 10.6. The standard InChI is InChI=1S/C15H31NO2/c1-12-5-6-14(11-13(12)2)15(16-3)7-8-18-10-9-17-4/h12-16H,5-11H2,1-4H3. The maximum Gasteiger partial charge on any atom is 0.0700 e. The molecule has 0 spiro atoms. The van der Waals surface area contributed by atoms with Crippen LogP contribution in [0.25, 0.3) is 0 Å². The quantitative estimate of drug-likeness (QED) is 0.678. The van der Waals surface area contributed by atoms with E-state index < -0.39 is 0 Å². The molecule has 0 aromatic rings. The zero-order chi connectivity index (χ0) is 13.4. The summed E-state index contributed by atoms with van der Waals surface area (Å²) in [6.07, 6.45) is 5.24. The van der Waals surface area contributed by atoms with Crippen LogP contribution < -0.4 is 5.32 Å². The Balaban J connectivity index is 2.23. The minimum Gasteiger partial charge on any atom is -0.382 e. The Morgan fingerprint density at radius 1 is 1.11 bits per heavy atom. The van der Waals surface area contributed by atoms with Crippen molar-refractivity contribution in [2.75, 3.05) is 34.0 Å². The summed E-state index contributed by atoms with van der Waals surface area (Å²) in [5, 5.41) is 3.49. The van der Waals surface area contributed by atoms with Crippen molar-refractivity contribution in [1.29, 1.82) is 0 Å². The third-order valence-electron chi connectivity index (χ3n) is 4.58. The number of hydrogen-bond acceptors (Lipinski definition) is 3. The van der Waals surface area contributed by atoms with Gasteiger partial charge in [-0.3, -0.25) is 0 Å². The highest BCUT2D eigenvalue weighted by Crippen LogP contribution is 2.35. The van der Waals surface area contributed by atoms with Crippen molar-refractivity contribution < 1.29 is 9.47 Å². The van der Waals surface area contributed by atoms with E-state index in [1.807, 2.05) is 0 Å². The maximum absolute atomic E-state index is 5.58. The van der Waals surface area contributed by atoms with Gasteiger partial charge in [0.1, 0.15) is 0 Å². The first kappa shape index (κ1) is 15.9. The molecule has 0 radical (unpaired) electrons. The van der Waals surface area contributed by atoms with Crippen molar-refractivity contribution in [2.24, 2.45) is 17.8 Å². The summed E-state index contributed by atoms with van der Waals surface area (Å²) in [6.45, 7) is 7.05. The molecule has 18 heavy (non-hydrogen) atoms. The van der Waals surface area contributed by atoms with Crippen molar-refractivity contribution in [1.82, 2.24) is 5.32 Å². The Hall–Kier alpha value is -0.120. The molecule has 0 aromatic carbocycles. The molecule has 3 heteroatoms. The number of ether oxygens (including phenoxy) is 2. The average molecular weight is 257 g/mol. The Labute approximate surface area is 113 Å². The molecule has 1 fully saturated rings. The third-order valence-corrected chi connectivity index (χ3v) is 4.58. The SMILES string of the molecule is CNC(CCOCCOC)C1CCC(C)C(C)C1. The van der Waals surface area contributed by atoms with Crippen LogP contribution in [0, 0.1) is 17.8 Å². The summed E-state index contributed by atoms with van der Waals surface area (Å²) in [5.41, 5.74) is 0. The predicted octanol–water partition coefficient (Wildman–Crippen LogP) is 2.70. The minimum atomic E-state index is 0.613. The second-order valence-electron chi connectivity index (χ2n) is 5.82. The van der Waals surface area contributed by atoms with Crippen LogP contribution in [-0.2, 0) is 9.47 Å². The van der Waals surface area contributed by atoms with Gasteiger partial charge in [0.25, 0.3) is 0 Å². The summed E-state index contributed by atoms with van der Waals surface area (Å²) >= 11 is 0. The van der Waals surface area contributed by atoms with E-state index in [1.54, 1.807) is 7.11 Å². The van der Waals surface area contributed by atoms with Gasteiger partial charge in [-0.1, -0.05) is 20.3 Å². The first-order chi connectivity index (χ1) is 8.69. The molecule has 1 aliphatic rings. The molecule has 4 unspecified atom stereocenters. The highest BCUT2D eigenvalue weighted by atomic mass is 16.5. The zero-order valence-corrected chi connectivity index (χ0v) is 12.6. The lowest BCUT2D eigenvalue weighted by atomic mass is 9.73. The van der Waals surface area contributed by atoms with Gasteiger partial charge in [-0.2, -0.15) is 0 Å². The van der Waals surface area contributed by atoms with Crippen LogP contribution in [0.15, 0.2) is 0 Å². The van der Waals surface area contributed by atoms with Gasteiger partial charge in [0.15, 0.2) is 0 Å². The van der Waals surface area contributed by atoms with Crippen LogP contribution in [-0.4, -0.2) is 40.0 Å². The molecule has 3 nitrogen and oxygen atoms in total. The largest absolute Gasteiger partial charge is 0.382 e. The molecular weight excluding hydrogens is 226 g/mol. The summed E-state index contributed by atoms with van der Waals surface area (Å²) in [6, 6.07) is 0.613. The lowest BCUT2D eigenvalue weighted by Crippen LogP contribution is -2.38. The fourth-order valence-corrected chi connectivity index (χ4v) is 3.03. The third kappa shape index (κ3) is 5.25. The van der Waals surface area contributed by atoms with Crippen LogP contribution in [0.5, 0.6) is 0 Å². The van der Waals surface area contributed by atoms with Crippen LogP contribution in [0.4, 0.5) is 0 Å². The van der Waals surface area contributed by atoms with E-state index in [0.717, 1.165) is 30.8 Å². The van der Waals surface area contributed by atoms with Crippen LogP contribution in [0.3, 0.4) is 0 Å². The van der Waals surface area contributed by atoms with E-state index in [-0.39, 0.29) is 0 Å². The van der Waals surface area contributed by atoms with E-state index in [0.29, 0.717) is 19.3 Å². The molecule has 1 rings (SSSR count). The van der Waals surface area contributed by atoms with E-state index in [9.17, 15) is 0 Å². The molecule has 1 saturated carbocycles. The van der Waals surface area contributed by atoms with Gasteiger partial charge < -0.3 is 14.8 Å². The van der Waals surface area contributed by atoms with Crippen molar-refractivity contribution in [3.8, 4) is 0 Å². The highest BCUT2D eigenvalue weighted by molar-refractivity contribution is 4.83. The fourth-order valence-electron chi connectivity index (χ4n) is 3.03. The molecule has 0 saturated heterocycles. The topological polar surface area (TPSA) is 30.5 Å². The van der Waals surface area contributed by atoms with E-state index in [4.69, 9.17) is 9.47 Å². The number of rotatable bonds is 8. The Kier molecular flexibility index (Phi) is 7.87. The fraction of sp³-hybridized carbons (Fsp3) is 1.00. The van der Waals surface area contributed by atoms with Crippen LogP contribution in [0.2, 0.25) is 0 Å². The summed E-state index contributed by atoms with van der Waals surface area (Å²) in [4.78, 5) is 0.